The van der Waals surface area contributed by atoms with Crippen molar-refractivity contribution in [1.82, 2.24) is 0 Å². The molecule has 0 aromatic carbocycles. The van der Waals surface area contributed by atoms with E-state index in [1.54, 1.807) is 0 Å². The molecular weight excluding hydrogens is 412 g/mol. The summed E-state index contributed by atoms with van der Waals surface area (Å²) in [7, 11) is 0. The van der Waals surface area contributed by atoms with E-state index in [1.807, 2.05) is 19.9 Å². The van der Waals surface area contributed by atoms with E-state index in [0.29, 0.717) is 13.0 Å². The van der Waals surface area contributed by atoms with Gasteiger partial charge in [0, 0.05) is 10.8 Å². The second kappa shape index (κ2) is 7.17. The van der Waals surface area contributed by atoms with Gasteiger partial charge >= 0.3 is 0 Å². The Balaban J connectivity index is 1.53. The van der Waals surface area contributed by atoms with Gasteiger partial charge in [-0.25, -0.2) is 0 Å². The number of fused-ring (bicyclic) bond motifs is 2. The van der Waals surface area contributed by atoms with Gasteiger partial charge in [0.25, 0.3) is 0 Å². The van der Waals surface area contributed by atoms with Crippen LogP contribution in [0.2, 0.25) is 0 Å². The van der Waals surface area contributed by atoms with Crippen molar-refractivity contribution in [2.75, 3.05) is 19.8 Å². The lowest BCUT2D eigenvalue weighted by Crippen LogP contribution is -2.67. The van der Waals surface area contributed by atoms with Gasteiger partial charge in [0.15, 0.2) is 6.29 Å². The Hall–Kier alpha value is -0.660. The molecule has 5 rings (SSSR count). The monoisotopic (exact) mass is 444 g/mol. The van der Waals surface area contributed by atoms with Crippen LogP contribution in [-0.4, -0.2) is 111 Å². The van der Waals surface area contributed by atoms with E-state index in [0.717, 1.165) is 12.0 Å². The number of aliphatic hydroxyl groups is 6. The second-order valence-electron chi connectivity index (χ2n) is 9.93. The van der Waals surface area contributed by atoms with Crippen LogP contribution < -0.4 is 0 Å². The number of hydrogen-bond donors (Lipinski definition) is 6. The van der Waals surface area contributed by atoms with E-state index in [9.17, 15) is 30.6 Å². The minimum atomic E-state index is -1.60. The first-order valence-electron chi connectivity index (χ1n) is 10.9. The fraction of sp³-hybridized carbons (Fsp3) is 0.905. The standard InChI is InChI=1S/C21H32O10/c1-9-3-4-20(7-23)11(5-9)30-17-15(27)16(19(20,2)21(17)8-28-21)31-18-14(26)13(25)12(24)10(6-22)29-18/h5,10-18,22-27H,3-4,6-8H2,1-2H3/t10-,11?,12-,13+,14-,15-,16-,17-,18-,19-,20-,21?/m1/s1. The van der Waals surface area contributed by atoms with Gasteiger partial charge in [-0.3, -0.25) is 0 Å². The molecule has 12 atom stereocenters. The highest BCUT2D eigenvalue weighted by atomic mass is 16.7. The van der Waals surface area contributed by atoms with E-state index in [-0.39, 0.29) is 6.61 Å². The molecule has 10 nitrogen and oxygen atoms in total. The van der Waals surface area contributed by atoms with Crippen molar-refractivity contribution in [3.63, 3.8) is 0 Å². The molecule has 0 aromatic rings. The molecule has 2 bridgehead atoms. The zero-order valence-electron chi connectivity index (χ0n) is 17.6. The lowest BCUT2D eigenvalue weighted by Gasteiger charge is -2.58. The van der Waals surface area contributed by atoms with Crippen molar-refractivity contribution in [3.8, 4) is 0 Å². The molecule has 31 heavy (non-hydrogen) atoms. The normalized spacial score (nSPS) is 58.2. The molecule has 2 unspecified atom stereocenters. The largest absolute Gasteiger partial charge is 0.396 e. The molecular formula is C21H32O10. The highest BCUT2D eigenvalue weighted by Gasteiger charge is 2.85. The van der Waals surface area contributed by atoms with Crippen molar-refractivity contribution in [3.05, 3.63) is 11.6 Å². The molecule has 0 aromatic heterocycles. The predicted molar refractivity (Wildman–Crippen MR) is 103 cm³/mol. The minimum absolute atomic E-state index is 0.211. The lowest BCUT2D eigenvalue weighted by molar-refractivity contribution is -0.330. The fourth-order valence-electron chi connectivity index (χ4n) is 6.57. The third kappa shape index (κ3) is 2.63. The summed E-state index contributed by atoms with van der Waals surface area (Å²) in [6, 6.07) is 0. The highest BCUT2D eigenvalue weighted by Crippen LogP contribution is 2.72. The van der Waals surface area contributed by atoms with Crippen molar-refractivity contribution < 1.29 is 49.6 Å². The van der Waals surface area contributed by atoms with Crippen LogP contribution in [0.1, 0.15) is 26.7 Å². The first-order valence-corrected chi connectivity index (χ1v) is 10.9. The smallest absolute Gasteiger partial charge is 0.187 e. The molecule has 3 heterocycles. The summed E-state index contributed by atoms with van der Waals surface area (Å²) >= 11 is 0. The van der Waals surface area contributed by atoms with Crippen LogP contribution >= 0.6 is 0 Å². The molecule has 1 saturated carbocycles. The summed E-state index contributed by atoms with van der Waals surface area (Å²) in [4.78, 5) is 0. The first kappa shape index (κ1) is 22.1. The molecule has 1 spiro atoms. The Labute approximate surface area is 180 Å². The van der Waals surface area contributed by atoms with Crippen LogP contribution in [0.4, 0.5) is 0 Å². The Morgan fingerprint density at radius 1 is 1.06 bits per heavy atom. The molecule has 4 fully saturated rings. The average Bonchev–Trinajstić information content (AvgIpc) is 3.54. The van der Waals surface area contributed by atoms with E-state index >= 15 is 0 Å². The summed E-state index contributed by atoms with van der Waals surface area (Å²) in [6.07, 6.45) is -7.11. The number of ether oxygens (including phenoxy) is 4. The summed E-state index contributed by atoms with van der Waals surface area (Å²) in [5.74, 6) is 0. The summed E-state index contributed by atoms with van der Waals surface area (Å²) in [5, 5.41) is 62.1. The molecule has 10 heteroatoms. The number of epoxide rings is 1. The topological polar surface area (TPSA) is 162 Å². The maximum atomic E-state index is 11.2. The van der Waals surface area contributed by atoms with Gasteiger partial charge in [-0.15, -0.1) is 0 Å². The molecule has 2 aliphatic carbocycles. The Kier molecular flexibility index (Phi) is 5.12. The zero-order chi connectivity index (χ0) is 22.3. The van der Waals surface area contributed by atoms with Crippen molar-refractivity contribution in [2.45, 2.75) is 87.4 Å². The van der Waals surface area contributed by atoms with Crippen LogP contribution in [0.5, 0.6) is 0 Å². The molecule has 0 amide bonds. The maximum Gasteiger partial charge on any atom is 0.187 e. The Morgan fingerprint density at radius 2 is 1.77 bits per heavy atom. The maximum absolute atomic E-state index is 11.2. The van der Waals surface area contributed by atoms with Gasteiger partial charge in [-0.05, 0) is 19.8 Å². The number of rotatable bonds is 4. The van der Waals surface area contributed by atoms with Crippen LogP contribution in [0.3, 0.4) is 0 Å². The second-order valence-corrected chi connectivity index (χ2v) is 9.93. The number of aliphatic hydroxyl groups excluding tert-OH is 6. The third-order valence-corrected chi connectivity index (χ3v) is 8.67. The third-order valence-electron chi connectivity index (χ3n) is 8.67. The van der Waals surface area contributed by atoms with Gasteiger partial charge in [0.1, 0.15) is 42.2 Å². The van der Waals surface area contributed by atoms with Crippen LogP contribution in [0.15, 0.2) is 11.6 Å². The number of hydrogen-bond acceptors (Lipinski definition) is 10. The molecule has 176 valence electrons. The fourth-order valence-corrected chi connectivity index (χ4v) is 6.57. The molecule has 0 radical (unpaired) electrons. The first-order chi connectivity index (χ1) is 14.7. The van der Waals surface area contributed by atoms with Crippen LogP contribution in [0.25, 0.3) is 0 Å². The van der Waals surface area contributed by atoms with E-state index in [4.69, 9.17) is 18.9 Å². The Morgan fingerprint density at radius 3 is 2.39 bits per heavy atom. The van der Waals surface area contributed by atoms with E-state index < -0.39 is 78.2 Å². The minimum Gasteiger partial charge on any atom is -0.396 e. The highest BCUT2D eigenvalue weighted by molar-refractivity contribution is 5.35. The van der Waals surface area contributed by atoms with Gasteiger partial charge in [-0.1, -0.05) is 18.6 Å². The molecule has 3 saturated heterocycles. The van der Waals surface area contributed by atoms with Crippen molar-refractivity contribution >= 4 is 0 Å². The average molecular weight is 444 g/mol. The molecule has 6 N–H and O–H groups in total. The SMILES string of the molecule is CC1=CC2O[C@@H]3[C@H](O)[C@@H](O[C@H]4O[C@H](CO)[C@@H](O)[C@H](O)[C@H]4O)[C@@](C)(C34CO4)[C@@]2(CO)CC1. The predicted octanol–water partition coefficient (Wildman–Crippen LogP) is -2.19. The number of allylic oxidation sites excluding steroid dienone is 1. The Bertz CT molecular complexity index is 752. The van der Waals surface area contributed by atoms with Gasteiger partial charge in [-0.2, -0.15) is 0 Å². The lowest BCUT2D eigenvalue weighted by atomic mass is 9.51. The zero-order valence-corrected chi connectivity index (χ0v) is 17.6. The van der Waals surface area contributed by atoms with Crippen molar-refractivity contribution in [2.24, 2.45) is 10.8 Å². The van der Waals surface area contributed by atoms with Gasteiger partial charge in [0.2, 0.25) is 0 Å². The van der Waals surface area contributed by atoms with Crippen LogP contribution in [0, 0.1) is 10.8 Å². The summed E-state index contributed by atoms with van der Waals surface area (Å²) in [6.45, 7) is 3.47. The van der Waals surface area contributed by atoms with E-state index in [1.165, 1.54) is 0 Å². The van der Waals surface area contributed by atoms with Crippen LogP contribution in [-0.2, 0) is 18.9 Å². The summed E-state index contributed by atoms with van der Waals surface area (Å²) < 4.78 is 23.9. The quantitative estimate of drug-likeness (QED) is 0.207. The van der Waals surface area contributed by atoms with Gasteiger partial charge < -0.3 is 49.6 Å². The summed E-state index contributed by atoms with van der Waals surface area (Å²) in [5.41, 5.74) is -1.39. The van der Waals surface area contributed by atoms with E-state index in [2.05, 4.69) is 0 Å². The van der Waals surface area contributed by atoms with Gasteiger partial charge in [0.05, 0.1) is 32.0 Å². The van der Waals surface area contributed by atoms with Crippen molar-refractivity contribution in [1.29, 1.82) is 0 Å². The molecule has 5 aliphatic rings. The molecule has 3 aliphatic heterocycles.